The van der Waals surface area contributed by atoms with Gasteiger partial charge in [-0.1, -0.05) is 394 Å². The van der Waals surface area contributed by atoms with E-state index in [1.54, 1.807) is 0 Å². The van der Waals surface area contributed by atoms with E-state index >= 15 is 0 Å². The van der Waals surface area contributed by atoms with Gasteiger partial charge in [0.1, 0.15) is 0 Å². The first-order chi connectivity index (χ1) is 69.3. The number of nitrogens with zero attached hydrogens (tertiary/aromatic N) is 8. The summed E-state index contributed by atoms with van der Waals surface area (Å²) in [6.07, 6.45) is 7.39. The number of benzene rings is 20. The molecular weight excluding hydrogens is 1700 g/mol. The van der Waals surface area contributed by atoms with E-state index in [-0.39, 0.29) is 5.92 Å². The van der Waals surface area contributed by atoms with Gasteiger partial charge in [0.2, 0.25) is 0 Å². The second kappa shape index (κ2) is 36.4. The molecule has 140 heavy (non-hydrogen) atoms. The van der Waals surface area contributed by atoms with Crippen molar-refractivity contribution >= 4 is 49.2 Å². The Bertz CT molecular complexity index is 8800. The molecule has 4 heterocycles. The highest BCUT2D eigenvalue weighted by Crippen LogP contribution is 2.47. The Kier molecular flexibility index (Phi) is 21.7. The van der Waals surface area contributed by atoms with Gasteiger partial charge in [-0.05, 0) is 261 Å². The van der Waals surface area contributed by atoms with Gasteiger partial charge in [-0.15, -0.1) is 0 Å². The fourth-order valence-corrected chi connectivity index (χ4v) is 20.5. The first kappa shape index (κ1) is 83.3. The Hall–Kier alpha value is -18.5. The predicted octanol–water partition coefficient (Wildman–Crippen LogP) is 34.0. The van der Waals surface area contributed by atoms with Crippen molar-refractivity contribution in [3.8, 4) is 191 Å². The highest BCUT2D eigenvalue weighted by Gasteiger charge is 2.26. The van der Waals surface area contributed by atoms with Gasteiger partial charge in [0.05, 0.1) is 22.1 Å². The molecule has 0 radical (unpaired) electrons. The molecule has 20 aromatic carbocycles. The van der Waals surface area contributed by atoms with E-state index < -0.39 is 0 Å². The molecule has 25 rings (SSSR count). The summed E-state index contributed by atoms with van der Waals surface area (Å²) in [6, 6.07) is 179. The first-order valence-electron chi connectivity index (χ1n) is 47.8. The van der Waals surface area contributed by atoms with Gasteiger partial charge >= 0.3 is 0 Å². The Morgan fingerprint density at radius 1 is 0.179 bits per heavy atom. The van der Waals surface area contributed by atoms with E-state index in [0.717, 1.165) is 189 Å². The second-order valence-electron chi connectivity index (χ2n) is 36.0. The minimum Gasteiger partial charge on any atom is -0.309 e. The van der Waals surface area contributed by atoms with Crippen LogP contribution >= 0.6 is 0 Å². The van der Waals surface area contributed by atoms with Crippen LogP contribution in [-0.4, -0.2) is 39.0 Å². The maximum absolute atomic E-state index is 5.45. The number of para-hydroxylation sites is 2. The lowest BCUT2D eigenvalue weighted by atomic mass is 9.84. The van der Waals surface area contributed by atoms with Gasteiger partial charge in [0, 0.05) is 66.7 Å². The Morgan fingerprint density at radius 3 is 0.786 bits per heavy atom. The summed E-state index contributed by atoms with van der Waals surface area (Å²) in [5.74, 6) is 3.74. The van der Waals surface area contributed by atoms with E-state index in [4.69, 9.17) is 29.9 Å². The Labute approximate surface area is 812 Å². The van der Waals surface area contributed by atoms with Gasteiger partial charge in [-0.3, -0.25) is 0 Å². The maximum atomic E-state index is 5.45. The zero-order chi connectivity index (χ0) is 92.8. The topological polar surface area (TPSA) is 87.2 Å². The number of allylic oxidation sites excluding steroid dienone is 4. The Balaban J connectivity index is 0.535. The van der Waals surface area contributed by atoms with Gasteiger partial charge in [0.25, 0.3) is 0 Å². The normalized spacial score (nSPS) is 12.5. The molecule has 8 heteroatoms. The zero-order valence-electron chi connectivity index (χ0n) is 76.4. The smallest absolute Gasteiger partial charge is 0.164 e. The minimum absolute atomic E-state index is 0.0738. The van der Waals surface area contributed by atoms with Crippen molar-refractivity contribution in [1.82, 2.24) is 39.0 Å². The average Bonchev–Trinajstić information content (AvgIpc) is 1.58. The molecule has 1 aliphatic carbocycles. The molecule has 0 N–H and O–H groups in total. The summed E-state index contributed by atoms with van der Waals surface area (Å²) in [5, 5.41) is 4.60. The molecular formula is C132H88N8. The van der Waals surface area contributed by atoms with Gasteiger partial charge < -0.3 is 9.13 Å². The van der Waals surface area contributed by atoms with E-state index in [0.29, 0.717) is 41.4 Å². The maximum Gasteiger partial charge on any atom is 0.164 e. The standard InChI is InChI=1S/C132H88N8/c1-9-34-87(35-10-1)109-79-110(88-36-11-2-12-37-88)82-113(81-109)99-52-28-56-105(75-99)129-133-127(91-42-17-5-18-43-91)135-131(137-129)107-58-30-54-103(77-107)117-64-32-66-123-125(117)119-85-101(68-70-121(119)139(123)115-60-21-7-22-61-115)97-50-26-48-95(73-97)93-46-25-47-94(72-93)96-49-27-51-98(74-96)102-69-71-122-120(86-102)126-118(65-33-67-124(126)140(122)116-62-23-8-24-63-116)104-55-31-59-108(78-104)132-136-128(92-44-19-6-20-45-92)134-130(138-132)106-57-29-53-100(76-106)114-83-111(89-38-13-3-14-39-89)80-112(84-114)90-40-15-4-16-41-90/h1-75,77-86,100H,76H2. The number of fused-ring (bicyclic) bond motifs is 6. The van der Waals surface area contributed by atoms with Crippen molar-refractivity contribution in [3.05, 3.63) is 527 Å². The van der Waals surface area contributed by atoms with Crippen molar-refractivity contribution in [2.24, 2.45) is 0 Å². The highest BCUT2D eigenvalue weighted by atomic mass is 15.0. The van der Waals surface area contributed by atoms with E-state index in [9.17, 15) is 0 Å². The molecule has 0 spiro atoms. The molecule has 0 amide bonds. The predicted molar refractivity (Wildman–Crippen MR) is 580 cm³/mol. The molecule has 0 fully saturated rings. The van der Waals surface area contributed by atoms with Gasteiger partial charge in [-0.25, -0.2) is 29.9 Å². The molecule has 1 aliphatic rings. The molecule has 24 aromatic rings. The van der Waals surface area contributed by atoms with Crippen LogP contribution < -0.4 is 0 Å². The molecule has 8 nitrogen and oxygen atoms in total. The van der Waals surface area contributed by atoms with Crippen molar-refractivity contribution in [1.29, 1.82) is 0 Å². The van der Waals surface area contributed by atoms with Gasteiger partial charge in [0.15, 0.2) is 34.9 Å². The monoisotopic (exact) mass is 1780 g/mol. The van der Waals surface area contributed by atoms with Crippen LogP contribution in [0.15, 0.2) is 516 Å². The lowest BCUT2D eigenvalue weighted by molar-refractivity contribution is 0.854. The fraction of sp³-hybridized carbons (Fsp3) is 0.0152. The highest BCUT2D eigenvalue weighted by molar-refractivity contribution is 6.18. The third-order valence-electron chi connectivity index (χ3n) is 27.3. The average molecular weight is 1790 g/mol. The third-order valence-corrected chi connectivity index (χ3v) is 27.3. The quantitative estimate of drug-likeness (QED) is 0.0756. The summed E-state index contributed by atoms with van der Waals surface area (Å²) in [5.41, 5.74) is 38.2. The zero-order valence-corrected chi connectivity index (χ0v) is 76.4. The Morgan fingerprint density at radius 2 is 0.429 bits per heavy atom. The van der Waals surface area contributed by atoms with Crippen molar-refractivity contribution in [2.75, 3.05) is 0 Å². The number of rotatable bonds is 20. The van der Waals surface area contributed by atoms with Crippen LogP contribution in [0.1, 0.15) is 23.7 Å². The fourth-order valence-electron chi connectivity index (χ4n) is 20.5. The molecule has 0 saturated heterocycles. The van der Waals surface area contributed by atoms with Crippen LogP contribution in [0.25, 0.3) is 240 Å². The second-order valence-corrected chi connectivity index (χ2v) is 36.0. The van der Waals surface area contributed by atoms with Crippen LogP contribution in [0.4, 0.5) is 0 Å². The lowest BCUT2D eigenvalue weighted by Gasteiger charge is -2.21. The number of hydrogen-bond acceptors (Lipinski definition) is 6. The third kappa shape index (κ3) is 16.2. The molecule has 4 aromatic heterocycles. The summed E-state index contributed by atoms with van der Waals surface area (Å²) in [6.45, 7) is 0. The largest absolute Gasteiger partial charge is 0.309 e. The van der Waals surface area contributed by atoms with Crippen LogP contribution in [0.3, 0.4) is 0 Å². The molecule has 656 valence electrons. The van der Waals surface area contributed by atoms with E-state index in [1.165, 1.54) is 27.8 Å². The summed E-state index contributed by atoms with van der Waals surface area (Å²) < 4.78 is 4.82. The minimum atomic E-state index is 0.0738. The summed E-state index contributed by atoms with van der Waals surface area (Å²) in [7, 11) is 0. The molecule has 0 bridgehead atoms. The number of hydrogen-bond donors (Lipinski definition) is 0. The molecule has 0 aliphatic heterocycles. The van der Waals surface area contributed by atoms with Crippen LogP contribution in [-0.2, 0) is 0 Å². The van der Waals surface area contributed by atoms with Gasteiger partial charge in [-0.2, -0.15) is 0 Å². The number of aromatic nitrogens is 8. The van der Waals surface area contributed by atoms with Crippen molar-refractivity contribution in [2.45, 2.75) is 12.3 Å². The SMILES string of the molecule is C1=CC(c2cc(-c3ccccc3)cc(-c3ccccc3)c2)CC(c2nc(-c3ccccc3)nc(-c3cccc(-c4cccc5c4c4cc(-c6cccc(-c7cccc(-c8cccc(-c9ccc%10c(c9)c9c(-c%11cccc(-c%12nc(-c%13ccccc%13)nc(-c%13cccc(-c%14cc(-c%15ccccc%15)cc(-c%15ccccc%15)c%14)c%13)n%12)c%11)cccc9n%10-c9ccccc9)c8)c7)c6)ccc4n5-c4ccccc4)c3)n2)=C1. The lowest BCUT2D eigenvalue weighted by Crippen LogP contribution is -2.07. The molecule has 1 unspecified atom stereocenters. The van der Waals surface area contributed by atoms with E-state index in [2.05, 4.69) is 488 Å². The van der Waals surface area contributed by atoms with Crippen LogP contribution in [0.5, 0.6) is 0 Å². The molecule has 0 saturated carbocycles. The van der Waals surface area contributed by atoms with Crippen molar-refractivity contribution < 1.29 is 0 Å². The first-order valence-corrected chi connectivity index (χ1v) is 47.8. The summed E-state index contributed by atoms with van der Waals surface area (Å²) >= 11 is 0. The van der Waals surface area contributed by atoms with Crippen molar-refractivity contribution in [3.63, 3.8) is 0 Å². The van der Waals surface area contributed by atoms with E-state index in [1.807, 2.05) is 36.4 Å². The summed E-state index contributed by atoms with van der Waals surface area (Å²) in [4.78, 5) is 32.1. The molecule has 1 atom stereocenters. The van der Waals surface area contributed by atoms with Crippen LogP contribution in [0, 0.1) is 0 Å². The van der Waals surface area contributed by atoms with Crippen LogP contribution in [0.2, 0.25) is 0 Å².